The fourth-order valence-corrected chi connectivity index (χ4v) is 4.41. The molecular weight excluding hydrogens is 369 g/mol. The van der Waals surface area contributed by atoms with Crippen LogP contribution in [0, 0.1) is 5.92 Å². The van der Waals surface area contributed by atoms with E-state index in [9.17, 15) is 19.2 Å². The van der Waals surface area contributed by atoms with Crippen molar-refractivity contribution in [3.8, 4) is 0 Å². The standard InChI is InChI=1S/C20H29FNO4S/c1-5-6-17(14(3)21)19(20(24)16-7-8-16)22(25)10-9-18(13(2)11-22)27-12-26-15(4)23/h5-6,16,19,25H,7-12H2,1-4H3/q+1/b6-5-,17-14-. The van der Waals surface area contributed by atoms with Crippen LogP contribution in [0.2, 0.25) is 0 Å². The predicted octanol–water partition coefficient (Wildman–Crippen LogP) is 4.29. The number of thioether (sulfide) groups is 1. The predicted molar refractivity (Wildman–Crippen MR) is 103 cm³/mol. The number of rotatable bonds is 8. The van der Waals surface area contributed by atoms with Crippen molar-refractivity contribution in [2.75, 3.05) is 19.0 Å². The maximum Gasteiger partial charge on any atom is 0.303 e. The van der Waals surface area contributed by atoms with Crippen LogP contribution >= 0.6 is 11.8 Å². The normalized spacial score (nSPS) is 25.4. The fraction of sp³-hybridized carbons (Fsp3) is 0.600. The highest BCUT2D eigenvalue weighted by atomic mass is 32.2. The summed E-state index contributed by atoms with van der Waals surface area (Å²) in [4.78, 5) is 24.9. The third-order valence-electron chi connectivity index (χ3n) is 4.98. The van der Waals surface area contributed by atoms with Crippen molar-refractivity contribution in [3.63, 3.8) is 0 Å². The van der Waals surface area contributed by atoms with Crippen molar-refractivity contribution in [3.05, 3.63) is 34.0 Å². The molecule has 0 spiro atoms. The first-order valence-corrected chi connectivity index (χ1v) is 10.2. The highest BCUT2D eigenvalue weighted by molar-refractivity contribution is 8.02. The Morgan fingerprint density at radius 2 is 2.07 bits per heavy atom. The lowest BCUT2D eigenvalue weighted by atomic mass is 9.93. The van der Waals surface area contributed by atoms with Crippen molar-refractivity contribution in [1.82, 2.24) is 0 Å². The van der Waals surface area contributed by atoms with Gasteiger partial charge in [-0.05, 0) is 44.1 Å². The molecule has 2 atom stereocenters. The molecule has 1 saturated carbocycles. The number of carbonyl (C=O) groups excluding carboxylic acids is 2. The Morgan fingerprint density at radius 1 is 1.41 bits per heavy atom. The zero-order chi connectivity index (χ0) is 20.2. The number of quaternary nitrogens is 1. The molecule has 0 aromatic carbocycles. The first kappa shape index (κ1) is 21.9. The van der Waals surface area contributed by atoms with Gasteiger partial charge in [0.2, 0.25) is 11.8 Å². The zero-order valence-corrected chi connectivity index (χ0v) is 17.3. The molecular formula is C20H29FNO4S+. The second-order valence-electron chi connectivity index (χ2n) is 7.29. The smallest absolute Gasteiger partial charge is 0.303 e. The van der Waals surface area contributed by atoms with E-state index >= 15 is 0 Å². The van der Waals surface area contributed by atoms with Gasteiger partial charge in [0, 0.05) is 19.3 Å². The minimum Gasteiger partial charge on any atom is -0.454 e. The van der Waals surface area contributed by atoms with Crippen LogP contribution in [0.5, 0.6) is 0 Å². The molecule has 1 aliphatic carbocycles. The number of Topliss-reactive ketones (excluding diaryl/α,β-unsaturated/α-hetero) is 1. The molecule has 150 valence electrons. The maximum atomic E-state index is 14.3. The van der Waals surface area contributed by atoms with Gasteiger partial charge >= 0.3 is 5.97 Å². The summed E-state index contributed by atoms with van der Waals surface area (Å²) in [6.45, 7) is 6.94. The van der Waals surface area contributed by atoms with Gasteiger partial charge in [0.15, 0.2) is 0 Å². The summed E-state index contributed by atoms with van der Waals surface area (Å²) in [5, 5.41) is 11.4. The number of carbonyl (C=O) groups is 2. The molecule has 2 rings (SSSR count). The average molecular weight is 399 g/mol. The van der Waals surface area contributed by atoms with Crippen LogP contribution in [0.25, 0.3) is 0 Å². The number of halogens is 1. The minimum atomic E-state index is -0.909. The number of esters is 1. The van der Waals surface area contributed by atoms with Gasteiger partial charge in [-0.15, -0.1) is 0 Å². The third-order valence-corrected chi connectivity index (χ3v) is 6.11. The second kappa shape index (κ2) is 9.17. The SMILES string of the molecule is C/C=C\C(=C(/C)F)C(C(=O)C1CC1)[N+]1(O)CCC(SCOC(C)=O)=C(C)C1. The van der Waals surface area contributed by atoms with E-state index in [4.69, 9.17) is 4.74 Å². The van der Waals surface area contributed by atoms with E-state index in [1.807, 2.05) is 6.92 Å². The van der Waals surface area contributed by atoms with Gasteiger partial charge in [0.1, 0.15) is 24.9 Å². The highest BCUT2D eigenvalue weighted by Crippen LogP contribution is 2.39. The van der Waals surface area contributed by atoms with Gasteiger partial charge in [0.05, 0.1) is 5.57 Å². The summed E-state index contributed by atoms with van der Waals surface area (Å²) in [5.74, 6) is -0.702. The molecule has 1 heterocycles. The molecule has 2 unspecified atom stereocenters. The van der Waals surface area contributed by atoms with Crippen LogP contribution in [0.3, 0.4) is 0 Å². The van der Waals surface area contributed by atoms with E-state index in [0.717, 1.165) is 23.3 Å². The fourth-order valence-electron chi connectivity index (χ4n) is 3.50. The largest absolute Gasteiger partial charge is 0.454 e. The molecule has 0 saturated heterocycles. The first-order chi connectivity index (χ1) is 12.7. The zero-order valence-electron chi connectivity index (χ0n) is 16.5. The number of nitrogens with zero attached hydrogens (tertiary/aromatic N) is 1. The second-order valence-corrected chi connectivity index (χ2v) is 8.31. The van der Waals surface area contributed by atoms with Crippen molar-refractivity contribution < 1.29 is 28.6 Å². The van der Waals surface area contributed by atoms with Gasteiger partial charge in [-0.3, -0.25) is 9.59 Å². The van der Waals surface area contributed by atoms with E-state index in [0.29, 0.717) is 13.0 Å². The van der Waals surface area contributed by atoms with Crippen molar-refractivity contribution in [1.29, 1.82) is 0 Å². The van der Waals surface area contributed by atoms with E-state index < -0.39 is 16.5 Å². The summed E-state index contributed by atoms with van der Waals surface area (Å²) in [6.07, 6.45) is 5.46. The first-order valence-electron chi connectivity index (χ1n) is 9.26. The number of hydrogen-bond acceptors (Lipinski definition) is 5. The van der Waals surface area contributed by atoms with Crippen LogP contribution in [0.15, 0.2) is 34.0 Å². The van der Waals surface area contributed by atoms with Crippen LogP contribution in [-0.4, -0.2) is 46.7 Å². The van der Waals surface area contributed by atoms with E-state index in [1.54, 1.807) is 19.1 Å². The van der Waals surface area contributed by atoms with Crippen LogP contribution in [0.1, 0.15) is 47.0 Å². The number of hydrogen-bond donors (Lipinski definition) is 1. The highest BCUT2D eigenvalue weighted by Gasteiger charge is 2.50. The molecule has 1 aliphatic heterocycles. The van der Waals surface area contributed by atoms with Crippen LogP contribution in [0.4, 0.5) is 4.39 Å². The number of hydroxylamine groups is 3. The van der Waals surface area contributed by atoms with Crippen molar-refractivity contribution in [2.45, 2.75) is 53.0 Å². The summed E-state index contributed by atoms with van der Waals surface area (Å²) < 4.78 is 18.8. The number of ketones is 1. The molecule has 0 aromatic heterocycles. The van der Waals surface area contributed by atoms with Crippen LogP contribution in [-0.2, 0) is 14.3 Å². The van der Waals surface area contributed by atoms with E-state index in [2.05, 4.69) is 0 Å². The minimum absolute atomic E-state index is 0.0774. The Hall–Kier alpha value is -1.44. The Balaban J connectivity index is 2.28. The number of ether oxygens (including phenoxy) is 1. The lowest BCUT2D eigenvalue weighted by Gasteiger charge is -2.40. The van der Waals surface area contributed by atoms with E-state index in [-0.39, 0.29) is 35.7 Å². The molecule has 0 radical (unpaired) electrons. The van der Waals surface area contributed by atoms with Gasteiger partial charge in [-0.1, -0.05) is 23.9 Å². The Morgan fingerprint density at radius 3 is 2.56 bits per heavy atom. The van der Waals surface area contributed by atoms with Gasteiger partial charge < -0.3 is 4.74 Å². The van der Waals surface area contributed by atoms with Gasteiger partial charge in [-0.2, -0.15) is 4.65 Å². The summed E-state index contributed by atoms with van der Waals surface area (Å²) in [7, 11) is 0. The molecule has 7 heteroatoms. The third kappa shape index (κ3) is 5.53. The van der Waals surface area contributed by atoms with Crippen molar-refractivity contribution in [2.24, 2.45) is 5.92 Å². The lowest BCUT2D eigenvalue weighted by molar-refractivity contribution is -1.11. The molecule has 0 aromatic rings. The van der Waals surface area contributed by atoms with Crippen molar-refractivity contribution >= 4 is 23.5 Å². The number of allylic oxidation sites excluding steroid dienone is 2. The molecule has 0 amide bonds. The molecule has 5 nitrogen and oxygen atoms in total. The lowest BCUT2D eigenvalue weighted by Crippen LogP contribution is -2.60. The molecule has 1 N–H and O–H groups in total. The van der Waals surface area contributed by atoms with Crippen LogP contribution < -0.4 is 0 Å². The van der Waals surface area contributed by atoms with Gasteiger partial charge in [0.25, 0.3) is 0 Å². The summed E-state index contributed by atoms with van der Waals surface area (Å²) in [6, 6.07) is -0.909. The summed E-state index contributed by atoms with van der Waals surface area (Å²) in [5.41, 5.74) is 1.20. The monoisotopic (exact) mass is 398 g/mol. The molecule has 1 fully saturated rings. The molecule has 0 bridgehead atoms. The Kier molecular flexibility index (Phi) is 7.42. The average Bonchev–Trinajstić information content (AvgIpc) is 3.41. The van der Waals surface area contributed by atoms with Gasteiger partial charge in [-0.25, -0.2) is 9.60 Å². The van der Waals surface area contributed by atoms with E-state index in [1.165, 1.54) is 25.6 Å². The summed E-state index contributed by atoms with van der Waals surface area (Å²) >= 11 is 1.43. The molecule has 2 aliphatic rings. The topological polar surface area (TPSA) is 63.6 Å². The molecule has 27 heavy (non-hydrogen) atoms. The maximum absolute atomic E-state index is 14.3. The Bertz CT molecular complexity index is 692. The Labute approximate surface area is 164 Å². The quantitative estimate of drug-likeness (QED) is 0.286.